The number of aromatic nitrogens is 3. The number of likely N-dealkylation sites (tertiary alicyclic amines) is 1. The van der Waals surface area contributed by atoms with Gasteiger partial charge in [0.15, 0.2) is 0 Å². The number of carbonyl (C=O) groups excluding carboxylic acids is 1. The zero-order chi connectivity index (χ0) is 20.7. The molecule has 2 fully saturated rings. The van der Waals surface area contributed by atoms with E-state index in [1.54, 1.807) is 0 Å². The molecule has 0 aliphatic carbocycles. The predicted molar refractivity (Wildman–Crippen MR) is 116 cm³/mol. The summed E-state index contributed by atoms with van der Waals surface area (Å²) in [5, 5.41) is 2.20. The van der Waals surface area contributed by atoms with Crippen LogP contribution in [-0.4, -0.2) is 57.6 Å². The number of nitrogens with zero attached hydrogens (tertiary/aromatic N) is 4. The fraction of sp³-hybridized carbons (Fsp3) is 0.458. The number of hydrogen-bond acceptors (Lipinski definition) is 5. The second-order valence-electron chi connectivity index (χ2n) is 8.66. The summed E-state index contributed by atoms with van der Waals surface area (Å²) in [5.41, 5.74) is 3.07. The van der Waals surface area contributed by atoms with E-state index in [1.807, 2.05) is 26.4 Å². The number of ketones is 1. The Hall–Kier alpha value is -2.57. The van der Waals surface area contributed by atoms with Crippen molar-refractivity contribution in [3.63, 3.8) is 0 Å². The highest BCUT2D eigenvalue weighted by atomic mass is 16.5. The molecule has 30 heavy (non-hydrogen) atoms. The monoisotopic (exact) mass is 404 g/mol. The Labute approximate surface area is 176 Å². The summed E-state index contributed by atoms with van der Waals surface area (Å²) >= 11 is 0. The van der Waals surface area contributed by atoms with Crippen LogP contribution in [0.1, 0.15) is 24.4 Å². The van der Waals surface area contributed by atoms with Gasteiger partial charge < -0.3 is 14.2 Å². The van der Waals surface area contributed by atoms with E-state index in [0.717, 1.165) is 72.6 Å². The van der Waals surface area contributed by atoms with Crippen molar-refractivity contribution in [1.29, 1.82) is 0 Å². The third-order valence-corrected chi connectivity index (χ3v) is 6.63. The topological polar surface area (TPSA) is 60.3 Å². The Balaban J connectivity index is 1.29. The lowest BCUT2D eigenvalue weighted by Crippen LogP contribution is -2.39. The highest BCUT2D eigenvalue weighted by Crippen LogP contribution is 2.26. The highest BCUT2D eigenvalue weighted by molar-refractivity contribution is 5.88. The van der Waals surface area contributed by atoms with Gasteiger partial charge in [-0.25, -0.2) is 4.98 Å². The molecule has 2 aliphatic rings. The Morgan fingerprint density at radius 2 is 2.03 bits per heavy atom. The molecule has 4 heterocycles. The summed E-state index contributed by atoms with van der Waals surface area (Å²) in [7, 11) is 2.03. The van der Waals surface area contributed by atoms with E-state index < -0.39 is 0 Å². The molecular weight excluding hydrogens is 376 g/mol. The minimum absolute atomic E-state index is 0.117. The molecule has 0 saturated carbocycles. The maximum absolute atomic E-state index is 12.9. The van der Waals surface area contributed by atoms with Crippen LogP contribution in [-0.2, 0) is 23.0 Å². The number of aryl methyl sites for hydroxylation is 1. The molecule has 6 nitrogen and oxygen atoms in total. The van der Waals surface area contributed by atoms with E-state index in [0.29, 0.717) is 18.3 Å². The molecule has 2 aromatic heterocycles. The van der Waals surface area contributed by atoms with E-state index in [1.165, 1.54) is 0 Å². The number of fused-ring (bicyclic) bond motifs is 1. The van der Waals surface area contributed by atoms with Gasteiger partial charge in [-0.2, -0.15) is 0 Å². The molecular formula is C24H28N4O2. The van der Waals surface area contributed by atoms with Crippen LogP contribution in [0, 0.1) is 12.8 Å². The second-order valence-corrected chi connectivity index (χ2v) is 8.66. The molecule has 0 bridgehead atoms. The first-order chi connectivity index (χ1) is 14.6. The molecule has 2 atom stereocenters. The zero-order valence-corrected chi connectivity index (χ0v) is 17.7. The van der Waals surface area contributed by atoms with Crippen LogP contribution in [0.25, 0.3) is 22.0 Å². The van der Waals surface area contributed by atoms with Crippen molar-refractivity contribution in [2.45, 2.75) is 32.3 Å². The summed E-state index contributed by atoms with van der Waals surface area (Å²) < 4.78 is 7.62. The van der Waals surface area contributed by atoms with Gasteiger partial charge >= 0.3 is 0 Å². The van der Waals surface area contributed by atoms with Gasteiger partial charge in [0.25, 0.3) is 0 Å². The fourth-order valence-electron chi connectivity index (χ4n) is 4.51. The van der Waals surface area contributed by atoms with Crippen molar-refractivity contribution in [1.82, 2.24) is 19.4 Å². The van der Waals surface area contributed by atoms with E-state index in [9.17, 15) is 4.79 Å². The van der Waals surface area contributed by atoms with Crippen molar-refractivity contribution in [2.75, 3.05) is 26.2 Å². The maximum atomic E-state index is 12.9. The molecule has 2 saturated heterocycles. The zero-order valence-electron chi connectivity index (χ0n) is 17.7. The van der Waals surface area contributed by atoms with Crippen LogP contribution in [0.2, 0.25) is 0 Å². The van der Waals surface area contributed by atoms with Crippen LogP contribution in [0.15, 0.2) is 36.7 Å². The van der Waals surface area contributed by atoms with Crippen molar-refractivity contribution < 1.29 is 9.53 Å². The third-order valence-electron chi connectivity index (χ3n) is 6.63. The second kappa shape index (κ2) is 7.93. The molecule has 156 valence electrons. The minimum atomic E-state index is 0.117. The average molecular weight is 405 g/mol. The van der Waals surface area contributed by atoms with Gasteiger partial charge in [0, 0.05) is 61.9 Å². The molecule has 6 heteroatoms. The largest absolute Gasteiger partial charge is 0.377 e. The number of rotatable bonds is 6. The first-order valence-corrected chi connectivity index (χ1v) is 10.8. The molecule has 0 spiro atoms. The Bertz CT molecular complexity index is 1090. The molecule has 0 N–H and O–H groups in total. The Morgan fingerprint density at radius 3 is 2.77 bits per heavy atom. The fourth-order valence-corrected chi connectivity index (χ4v) is 4.51. The molecule has 2 unspecified atom stereocenters. The van der Waals surface area contributed by atoms with Crippen molar-refractivity contribution in [2.24, 2.45) is 13.0 Å². The molecule has 1 aromatic carbocycles. The predicted octanol–water partition coefficient (Wildman–Crippen LogP) is 3.17. The highest BCUT2D eigenvalue weighted by Gasteiger charge is 2.31. The number of ether oxygens (including phenoxy) is 1. The quantitative estimate of drug-likeness (QED) is 0.632. The van der Waals surface area contributed by atoms with E-state index in [2.05, 4.69) is 43.7 Å². The summed E-state index contributed by atoms with van der Waals surface area (Å²) in [6.45, 7) is 5.71. The SMILES string of the molecule is Cc1ncc(-c2ccc3cnc(CC(=O)C4CCN(CC5CCO5)C4)cc3c2)n1C. The normalized spacial score (nSPS) is 21.8. The lowest BCUT2D eigenvalue weighted by Gasteiger charge is -2.30. The molecule has 5 rings (SSSR count). The summed E-state index contributed by atoms with van der Waals surface area (Å²) in [5.74, 6) is 1.41. The standard InChI is InChI=1S/C24H28N4O2/c1-16-25-13-23(27(16)2)17-3-4-18-12-26-21(10-20(18)9-17)11-24(29)19-5-7-28(14-19)15-22-6-8-30-22/h3-4,9-10,12-13,19,22H,5-8,11,14-15H2,1-2H3. The first kappa shape index (κ1) is 19.4. The summed E-state index contributed by atoms with van der Waals surface area (Å²) in [6.07, 6.45) is 6.66. The van der Waals surface area contributed by atoms with Crippen molar-refractivity contribution in [3.8, 4) is 11.3 Å². The molecule has 2 aliphatic heterocycles. The van der Waals surface area contributed by atoms with E-state index in [4.69, 9.17) is 4.74 Å². The van der Waals surface area contributed by atoms with Gasteiger partial charge in [0.1, 0.15) is 11.6 Å². The van der Waals surface area contributed by atoms with Crippen molar-refractivity contribution in [3.05, 3.63) is 48.2 Å². The number of imidazole rings is 1. The Morgan fingerprint density at radius 1 is 1.17 bits per heavy atom. The number of carbonyl (C=O) groups is 1. The molecule has 0 radical (unpaired) electrons. The van der Waals surface area contributed by atoms with Crippen LogP contribution >= 0.6 is 0 Å². The van der Waals surface area contributed by atoms with Crippen LogP contribution in [0.4, 0.5) is 0 Å². The average Bonchev–Trinajstić information content (AvgIpc) is 3.31. The molecule has 0 amide bonds. The number of benzene rings is 1. The van der Waals surface area contributed by atoms with Gasteiger partial charge in [-0.15, -0.1) is 0 Å². The van der Waals surface area contributed by atoms with E-state index >= 15 is 0 Å². The first-order valence-electron chi connectivity index (χ1n) is 10.8. The van der Waals surface area contributed by atoms with Gasteiger partial charge in [-0.1, -0.05) is 12.1 Å². The van der Waals surface area contributed by atoms with Gasteiger partial charge in [-0.05, 0) is 43.8 Å². The van der Waals surface area contributed by atoms with Crippen molar-refractivity contribution >= 4 is 16.6 Å². The summed E-state index contributed by atoms with van der Waals surface area (Å²) in [6, 6.07) is 8.42. The van der Waals surface area contributed by atoms with Crippen LogP contribution in [0.3, 0.4) is 0 Å². The van der Waals surface area contributed by atoms with Gasteiger partial charge in [-0.3, -0.25) is 9.78 Å². The van der Waals surface area contributed by atoms with E-state index in [-0.39, 0.29) is 5.92 Å². The number of Topliss-reactive ketones (excluding diaryl/α,β-unsaturated/α-hetero) is 1. The molecule has 3 aromatic rings. The third kappa shape index (κ3) is 3.77. The smallest absolute Gasteiger partial charge is 0.143 e. The number of pyridine rings is 1. The maximum Gasteiger partial charge on any atom is 0.143 e. The minimum Gasteiger partial charge on any atom is -0.377 e. The lowest BCUT2D eigenvalue weighted by atomic mass is 9.98. The number of hydrogen-bond donors (Lipinski definition) is 0. The summed E-state index contributed by atoms with van der Waals surface area (Å²) in [4.78, 5) is 24.2. The lowest BCUT2D eigenvalue weighted by molar-refractivity contribution is -0.122. The van der Waals surface area contributed by atoms with Gasteiger partial charge in [0.2, 0.25) is 0 Å². The van der Waals surface area contributed by atoms with Crippen LogP contribution in [0.5, 0.6) is 0 Å². The van der Waals surface area contributed by atoms with Gasteiger partial charge in [0.05, 0.1) is 18.0 Å². The Kier molecular flexibility index (Phi) is 5.13. The van der Waals surface area contributed by atoms with Crippen LogP contribution < -0.4 is 0 Å².